The molecule has 3 amide bonds. The van der Waals surface area contributed by atoms with Crippen molar-refractivity contribution in [2.45, 2.75) is 25.9 Å². The molecule has 0 aromatic heterocycles. The molecular weight excluding hydrogens is 458 g/mol. The first-order valence-corrected chi connectivity index (χ1v) is 11.7. The summed E-state index contributed by atoms with van der Waals surface area (Å²) in [7, 11) is 0. The van der Waals surface area contributed by atoms with Crippen LogP contribution >= 0.6 is 11.8 Å². The van der Waals surface area contributed by atoms with E-state index in [-0.39, 0.29) is 29.7 Å². The normalized spacial score (nSPS) is 17.4. The van der Waals surface area contributed by atoms with Gasteiger partial charge in [0.05, 0.1) is 15.4 Å². The molecule has 2 saturated heterocycles. The summed E-state index contributed by atoms with van der Waals surface area (Å²) in [6.07, 6.45) is 4.57. The molecule has 176 valence electrons. The number of likely N-dealkylation sites (tertiary alicyclic amines) is 1. The van der Waals surface area contributed by atoms with Gasteiger partial charge in [0.2, 0.25) is 5.91 Å². The number of benzene rings is 2. The number of nitrogens with zero attached hydrogens (tertiary/aromatic N) is 3. The fraction of sp³-hybridized carbons (Fsp3) is 0.292. The zero-order valence-electron chi connectivity index (χ0n) is 18.3. The molecule has 0 spiro atoms. The van der Waals surface area contributed by atoms with Crippen LogP contribution in [0.25, 0.3) is 6.08 Å². The molecule has 2 heterocycles. The molecule has 0 aliphatic carbocycles. The van der Waals surface area contributed by atoms with Crippen molar-refractivity contribution in [2.75, 3.05) is 19.6 Å². The average Bonchev–Trinajstić information content (AvgIpc) is 3.11. The van der Waals surface area contributed by atoms with E-state index in [4.69, 9.17) is 4.74 Å². The topological polar surface area (TPSA) is 110 Å². The Morgan fingerprint density at radius 1 is 1.06 bits per heavy atom. The Morgan fingerprint density at radius 3 is 2.47 bits per heavy atom. The van der Waals surface area contributed by atoms with Gasteiger partial charge in [0.1, 0.15) is 18.9 Å². The zero-order valence-corrected chi connectivity index (χ0v) is 19.2. The van der Waals surface area contributed by atoms with E-state index in [1.165, 1.54) is 6.07 Å². The second kappa shape index (κ2) is 10.5. The van der Waals surface area contributed by atoms with Crippen molar-refractivity contribution >= 4 is 40.6 Å². The third-order valence-corrected chi connectivity index (χ3v) is 6.54. The van der Waals surface area contributed by atoms with Crippen LogP contribution in [-0.4, -0.2) is 51.4 Å². The first kappa shape index (κ1) is 23.5. The van der Waals surface area contributed by atoms with E-state index in [9.17, 15) is 24.5 Å². The lowest BCUT2D eigenvalue weighted by atomic mass is 10.1. The SMILES string of the molecule is O=C(CN1C(=O)S/C(=C\c2ccc(OCc3ccccc3[N+](=O)[O-])cc2)C1=O)N1CCCCC1. The highest BCUT2D eigenvalue weighted by Gasteiger charge is 2.37. The van der Waals surface area contributed by atoms with Gasteiger partial charge in [0, 0.05) is 19.2 Å². The molecule has 10 heteroatoms. The highest BCUT2D eigenvalue weighted by Crippen LogP contribution is 2.32. The lowest BCUT2D eigenvalue weighted by Gasteiger charge is -2.27. The van der Waals surface area contributed by atoms with Gasteiger partial charge in [0.15, 0.2) is 0 Å². The van der Waals surface area contributed by atoms with Crippen molar-refractivity contribution in [1.82, 2.24) is 9.80 Å². The second-order valence-electron chi connectivity index (χ2n) is 7.95. The van der Waals surface area contributed by atoms with Gasteiger partial charge in [0.25, 0.3) is 16.8 Å². The Hall–Kier alpha value is -3.66. The largest absolute Gasteiger partial charge is 0.489 e. The van der Waals surface area contributed by atoms with Crippen LogP contribution in [0.15, 0.2) is 53.4 Å². The molecule has 2 aromatic carbocycles. The molecule has 0 saturated carbocycles. The molecule has 2 fully saturated rings. The molecule has 2 aliphatic heterocycles. The smallest absolute Gasteiger partial charge is 0.294 e. The number of amides is 3. The van der Waals surface area contributed by atoms with Crippen LogP contribution in [0, 0.1) is 10.1 Å². The molecule has 4 rings (SSSR count). The maximum Gasteiger partial charge on any atom is 0.294 e. The second-order valence-corrected chi connectivity index (χ2v) is 8.95. The predicted octanol–water partition coefficient (Wildman–Crippen LogP) is 4.22. The van der Waals surface area contributed by atoms with Gasteiger partial charge in [-0.2, -0.15) is 0 Å². The number of piperidine rings is 1. The third kappa shape index (κ3) is 5.45. The standard InChI is InChI=1S/C24H23N3O6S/c28-22(25-12-4-1-5-13-25)15-26-23(29)21(34-24(26)30)14-17-8-10-19(11-9-17)33-16-18-6-2-3-7-20(18)27(31)32/h2-3,6-11,14H,1,4-5,12-13,15-16H2/b21-14-. The van der Waals surface area contributed by atoms with Crippen LogP contribution in [-0.2, 0) is 16.2 Å². The highest BCUT2D eigenvalue weighted by atomic mass is 32.2. The quantitative estimate of drug-likeness (QED) is 0.331. The van der Waals surface area contributed by atoms with Gasteiger partial charge in [-0.05, 0) is 60.9 Å². The first-order valence-electron chi connectivity index (χ1n) is 10.9. The van der Waals surface area contributed by atoms with Crippen molar-refractivity contribution in [2.24, 2.45) is 0 Å². The van der Waals surface area contributed by atoms with E-state index in [0.717, 1.165) is 35.9 Å². The van der Waals surface area contributed by atoms with Crippen LogP contribution in [0.2, 0.25) is 0 Å². The van der Waals surface area contributed by atoms with Crippen molar-refractivity contribution < 1.29 is 24.0 Å². The van der Waals surface area contributed by atoms with E-state index < -0.39 is 16.1 Å². The summed E-state index contributed by atoms with van der Waals surface area (Å²) in [5, 5.41) is 10.7. The number of nitro benzene ring substituents is 1. The Bertz CT molecular complexity index is 1140. The number of rotatable bonds is 7. The number of hydrogen-bond donors (Lipinski definition) is 0. The van der Waals surface area contributed by atoms with Gasteiger partial charge in [-0.15, -0.1) is 0 Å². The lowest BCUT2D eigenvalue weighted by Crippen LogP contribution is -2.44. The number of hydrogen-bond acceptors (Lipinski definition) is 7. The van der Waals surface area contributed by atoms with Gasteiger partial charge < -0.3 is 9.64 Å². The van der Waals surface area contributed by atoms with Gasteiger partial charge in [-0.1, -0.05) is 24.3 Å². The fourth-order valence-electron chi connectivity index (χ4n) is 3.80. The monoisotopic (exact) mass is 481 g/mol. The summed E-state index contributed by atoms with van der Waals surface area (Å²) in [6, 6.07) is 13.2. The maximum absolute atomic E-state index is 12.7. The van der Waals surface area contributed by atoms with Crippen LogP contribution in [0.5, 0.6) is 5.75 Å². The van der Waals surface area contributed by atoms with E-state index in [1.54, 1.807) is 53.4 Å². The van der Waals surface area contributed by atoms with E-state index in [0.29, 0.717) is 30.0 Å². The number of carbonyl (C=O) groups is 3. The molecule has 0 N–H and O–H groups in total. The number of thioether (sulfide) groups is 1. The number of para-hydroxylation sites is 1. The molecule has 2 aromatic rings. The Labute approximate surface area is 200 Å². The maximum atomic E-state index is 12.7. The molecule has 34 heavy (non-hydrogen) atoms. The van der Waals surface area contributed by atoms with E-state index in [2.05, 4.69) is 0 Å². The average molecular weight is 482 g/mol. The zero-order chi connectivity index (χ0) is 24.1. The number of ether oxygens (including phenoxy) is 1. The van der Waals surface area contributed by atoms with Gasteiger partial charge >= 0.3 is 0 Å². The molecule has 2 aliphatic rings. The van der Waals surface area contributed by atoms with Gasteiger partial charge in [-0.25, -0.2) is 0 Å². The fourth-order valence-corrected chi connectivity index (χ4v) is 4.64. The first-order chi connectivity index (χ1) is 16.4. The van der Waals surface area contributed by atoms with Crippen LogP contribution in [0.3, 0.4) is 0 Å². The molecular formula is C24H23N3O6S. The minimum absolute atomic E-state index is 0.00591. The minimum atomic E-state index is -0.475. The highest BCUT2D eigenvalue weighted by molar-refractivity contribution is 8.18. The summed E-state index contributed by atoms with van der Waals surface area (Å²) >= 11 is 0.814. The van der Waals surface area contributed by atoms with E-state index >= 15 is 0 Å². The van der Waals surface area contributed by atoms with Crippen molar-refractivity contribution in [3.8, 4) is 5.75 Å². The molecule has 0 radical (unpaired) electrons. The van der Waals surface area contributed by atoms with Crippen LogP contribution < -0.4 is 4.74 Å². The molecule has 0 unspecified atom stereocenters. The number of carbonyl (C=O) groups excluding carboxylic acids is 3. The lowest BCUT2D eigenvalue weighted by molar-refractivity contribution is -0.385. The molecule has 0 bridgehead atoms. The predicted molar refractivity (Wildman–Crippen MR) is 127 cm³/mol. The summed E-state index contributed by atoms with van der Waals surface area (Å²) in [4.78, 5) is 51.2. The Kier molecular flexibility index (Phi) is 7.27. The Balaban J connectivity index is 1.37. The summed E-state index contributed by atoms with van der Waals surface area (Å²) < 4.78 is 5.66. The minimum Gasteiger partial charge on any atom is -0.489 e. The van der Waals surface area contributed by atoms with Crippen molar-refractivity contribution in [3.63, 3.8) is 0 Å². The van der Waals surface area contributed by atoms with Gasteiger partial charge in [-0.3, -0.25) is 29.4 Å². The van der Waals surface area contributed by atoms with Crippen LogP contribution in [0.1, 0.15) is 30.4 Å². The molecule has 9 nitrogen and oxygen atoms in total. The number of nitro groups is 1. The Morgan fingerprint density at radius 2 is 1.76 bits per heavy atom. The summed E-state index contributed by atoms with van der Waals surface area (Å²) in [5.41, 5.74) is 1.14. The van der Waals surface area contributed by atoms with Crippen molar-refractivity contribution in [1.29, 1.82) is 0 Å². The summed E-state index contributed by atoms with van der Waals surface area (Å²) in [6.45, 7) is 1.13. The van der Waals surface area contributed by atoms with Crippen LogP contribution in [0.4, 0.5) is 10.5 Å². The van der Waals surface area contributed by atoms with E-state index in [1.807, 2.05) is 0 Å². The number of imide groups is 1. The summed E-state index contributed by atoms with van der Waals surface area (Å²) in [5.74, 6) is -0.170. The molecule has 0 atom stereocenters. The third-order valence-electron chi connectivity index (χ3n) is 5.64. The van der Waals surface area contributed by atoms with Crippen molar-refractivity contribution in [3.05, 3.63) is 74.7 Å².